The highest BCUT2D eigenvalue weighted by atomic mass is 15.0. The van der Waals surface area contributed by atoms with E-state index in [1.165, 1.54) is 55.8 Å². The van der Waals surface area contributed by atoms with E-state index >= 15 is 0 Å². The van der Waals surface area contributed by atoms with Crippen LogP contribution in [0, 0.1) is 0 Å². The molecule has 0 amide bonds. The number of benzene rings is 4. The minimum Gasteiger partial charge on any atom is -0.276 e. The molecular formula is C42H39N2+. The molecule has 2 aliphatic rings. The standard InChI is InChI=1S/C42H39N2/c1-5-40-36-19-13-12-18-35(36)37-23-21-33-24-32(30-14-8-6-9-15-30)20-22-34(33)41-25-38(31-16-10-7-11-17-31)39(28(2)3)27-44(41)26-29(4)42(37)43-40/h5-20,22,24-25,27-28,37,42H,1,4,21,23,26H2,2-3H3/q+1. The van der Waals surface area contributed by atoms with E-state index in [1.54, 1.807) is 0 Å². The summed E-state index contributed by atoms with van der Waals surface area (Å²) in [5.74, 6) is 0.622. The van der Waals surface area contributed by atoms with Gasteiger partial charge in [0.25, 0.3) is 0 Å². The van der Waals surface area contributed by atoms with Gasteiger partial charge in [-0.15, -0.1) is 0 Å². The van der Waals surface area contributed by atoms with Gasteiger partial charge >= 0.3 is 0 Å². The molecule has 0 radical (unpaired) electrons. The Balaban J connectivity index is 1.46. The van der Waals surface area contributed by atoms with Crippen molar-refractivity contribution in [1.82, 2.24) is 0 Å². The molecule has 0 saturated carbocycles. The molecular weight excluding hydrogens is 532 g/mol. The average Bonchev–Trinajstić information content (AvgIpc) is 3.07. The number of hydrogen-bond donors (Lipinski definition) is 0. The number of fused-ring (bicyclic) bond motifs is 6. The molecule has 44 heavy (non-hydrogen) atoms. The fraction of sp³-hybridized carbons (Fsp3) is 0.190. The maximum Gasteiger partial charge on any atom is 0.213 e. The van der Waals surface area contributed by atoms with Crippen LogP contribution < -0.4 is 4.57 Å². The van der Waals surface area contributed by atoms with Crippen molar-refractivity contribution in [2.75, 3.05) is 0 Å². The minimum absolute atomic E-state index is 0.00611. The number of nitrogens with zero attached hydrogens (tertiary/aromatic N) is 2. The van der Waals surface area contributed by atoms with Crippen molar-refractivity contribution in [3.05, 3.63) is 162 Å². The lowest BCUT2D eigenvalue weighted by molar-refractivity contribution is -0.678. The SMILES string of the molecule is C=CC1=NC2C(=C)C[n+]3cc(C(C)C)c(-c4ccccc4)cc3-c3ccc(-c4ccccc4)cc3CCC2c2ccccc21. The highest BCUT2D eigenvalue weighted by Crippen LogP contribution is 2.41. The Bertz CT molecular complexity index is 1900. The van der Waals surface area contributed by atoms with E-state index in [1.807, 2.05) is 6.08 Å². The summed E-state index contributed by atoms with van der Waals surface area (Å²) in [4.78, 5) is 5.32. The van der Waals surface area contributed by atoms with Crippen molar-refractivity contribution < 1.29 is 4.57 Å². The molecule has 2 unspecified atom stereocenters. The Labute approximate surface area is 261 Å². The van der Waals surface area contributed by atoms with Crippen LogP contribution in [-0.4, -0.2) is 11.8 Å². The lowest BCUT2D eigenvalue weighted by Crippen LogP contribution is -2.42. The number of aryl methyl sites for hydroxylation is 1. The first kappa shape index (κ1) is 28.0. The monoisotopic (exact) mass is 571 g/mol. The van der Waals surface area contributed by atoms with Crippen LogP contribution in [0.2, 0.25) is 0 Å². The zero-order chi connectivity index (χ0) is 30.2. The molecule has 3 heterocycles. The minimum atomic E-state index is -0.00611. The number of rotatable bonds is 4. The zero-order valence-electron chi connectivity index (χ0n) is 25.7. The van der Waals surface area contributed by atoms with E-state index in [0.29, 0.717) is 12.5 Å². The van der Waals surface area contributed by atoms with Gasteiger partial charge in [-0.2, -0.15) is 4.57 Å². The first-order valence-corrected chi connectivity index (χ1v) is 15.8. The Morgan fingerprint density at radius 1 is 0.773 bits per heavy atom. The summed E-state index contributed by atoms with van der Waals surface area (Å²) in [5.41, 5.74) is 15.0. The predicted molar refractivity (Wildman–Crippen MR) is 184 cm³/mol. The molecule has 0 saturated heterocycles. The Hall–Kier alpha value is -4.82. The molecule has 0 fully saturated rings. The van der Waals surface area contributed by atoms with Gasteiger partial charge in [0.05, 0.1) is 11.8 Å². The van der Waals surface area contributed by atoms with Crippen molar-refractivity contribution in [3.63, 3.8) is 0 Å². The summed E-state index contributed by atoms with van der Waals surface area (Å²) in [6.07, 6.45) is 6.24. The van der Waals surface area contributed by atoms with Crippen LogP contribution in [0.3, 0.4) is 0 Å². The van der Waals surface area contributed by atoms with Crippen LogP contribution in [0.5, 0.6) is 0 Å². The van der Waals surface area contributed by atoms with Crippen LogP contribution in [0.1, 0.15) is 54.4 Å². The van der Waals surface area contributed by atoms with Crippen molar-refractivity contribution in [3.8, 4) is 33.5 Å². The molecule has 4 aromatic carbocycles. The first-order chi connectivity index (χ1) is 21.5. The zero-order valence-corrected chi connectivity index (χ0v) is 25.7. The molecule has 2 nitrogen and oxygen atoms in total. The quantitative estimate of drug-likeness (QED) is 0.151. The third kappa shape index (κ3) is 5.05. The molecule has 0 spiro atoms. The molecule has 0 N–H and O–H groups in total. The Kier molecular flexibility index (Phi) is 7.44. The third-order valence-electron chi connectivity index (χ3n) is 9.40. The second-order valence-corrected chi connectivity index (χ2v) is 12.5. The summed E-state index contributed by atoms with van der Waals surface area (Å²) >= 11 is 0. The second-order valence-electron chi connectivity index (χ2n) is 12.5. The summed E-state index contributed by atoms with van der Waals surface area (Å²) in [6.45, 7) is 14.1. The van der Waals surface area contributed by atoms with E-state index in [2.05, 4.69) is 140 Å². The van der Waals surface area contributed by atoms with Gasteiger partial charge in [-0.1, -0.05) is 124 Å². The maximum atomic E-state index is 5.32. The lowest BCUT2D eigenvalue weighted by Gasteiger charge is -2.33. The van der Waals surface area contributed by atoms with E-state index in [4.69, 9.17) is 11.6 Å². The van der Waals surface area contributed by atoms with Gasteiger partial charge in [0.1, 0.15) is 0 Å². The largest absolute Gasteiger partial charge is 0.276 e. The molecule has 2 atom stereocenters. The summed E-state index contributed by atoms with van der Waals surface area (Å²) in [5, 5.41) is 0. The first-order valence-electron chi connectivity index (χ1n) is 15.8. The van der Waals surface area contributed by atoms with Crippen molar-refractivity contribution in [2.24, 2.45) is 4.99 Å². The molecule has 0 aliphatic carbocycles. The fourth-order valence-electron chi connectivity index (χ4n) is 7.17. The Morgan fingerprint density at radius 3 is 2.20 bits per heavy atom. The highest BCUT2D eigenvalue weighted by molar-refractivity contribution is 6.10. The van der Waals surface area contributed by atoms with E-state index < -0.39 is 0 Å². The normalized spacial score (nSPS) is 17.5. The van der Waals surface area contributed by atoms with Crippen LogP contribution >= 0.6 is 0 Å². The number of pyridine rings is 1. The second kappa shape index (κ2) is 11.7. The fourth-order valence-corrected chi connectivity index (χ4v) is 7.17. The molecule has 2 aliphatic heterocycles. The molecule has 7 rings (SSSR count). The Morgan fingerprint density at radius 2 is 1.48 bits per heavy atom. The average molecular weight is 572 g/mol. The number of aromatic nitrogens is 1. The van der Waals surface area contributed by atoms with E-state index in [9.17, 15) is 0 Å². The summed E-state index contributed by atoms with van der Waals surface area (Å²) in [7, 11) is 0. The van der Waals surface area contributed by atoms with Crippen molar-refractivity contribution in [1.29, 1.82) is 0 Å². The van der Waals surface area contributed by atoms with Crippen LogP contribution in [0.15, 0.2) is 145 Å². The predicted octanol–water partition coefficient (Wildman–Crippen LogP) is 9.74. The van der Waals surface area contributed by atoms with Gasteiger partial charge in [0, 0.05) is 34.2 Å². The van der Waals surface area contributed by atoms with Crippen molar-refractivity contribution >= 4 is 5.71 Å². The number of hydrogen-bond acceptors (Lipinski definition) is 1. The molecule has 5 aromatic rings. The van der Waals surface area contributed by atoms with Crippen LogP contribution in [0.4, 0.5) is 0 Å². The maximum absolute atomic E-state index is 5.32. The van der Waals surface area contributed by atoms with Gasteiger partial charge < -0.3 is 0 Å². The number of aliphatic imine (C=N–C) groups is 1. The molecule has 0 bridgehead atoms. The topological polar surface area (TPSA) is 16.2 Å². The number of allylic oxidation sites excluding steroid dienone is 1. The van der Waals surface area contributed by atoms with Gasteiger partial charge in [-0.25, -0.2) is 0 Å². The molecule has 216 valence electrons. The smallest absolute Gasteiger partial charge is 0.213 e. The van der Waals surface area contributed by atoms with Gasteiger partial charge in [-0.05, 0) is 64.3 Å². The van der Waals surface area contributed by atoms with Gasteiger partial charge in [0.15, 0.2) is 12.7 Å². The summed E-state index contributed by atoms with van der Waals surface area (Å²) < 4.78 is 2.44. The highest BCUT2D eigenvalue weighted by Gasteiger charge is 2.35. The van der Waals surface area contributed by atoms with Crippen LogP contribution in [0.25, 0.3) is 33.5 Å². The van der Waals surface area contributed by atoms with E-state index in [-0.39, 0.29) is 12.0 Å². The van der Waals surface area contributed by atoms with Gasteiger partial charge in [-0.3, -0.25) is 4.99 Å². The third-order valence-corrected chi connectivity index (χ3v) is 9.40. The lowest BCUT2D eigenvalue weighted by atomic mass is 9.77. The molecule has 1 aromatic heterocycles. The molecule has 2 heteroatoms. The van der Waals surface area contributed by atoms with Gasteiger partial charge in [0.2, 0.25) is 5.69 Å². The van der Waals surface area contributed by atoms with Crippen LogP contribution in [-0.2, 0) is 13.0 Å². The van der Waals surface area contributed by atoms with Crippen molar-refractivity contribution in [2.45, 2.75) is 51.1 Å². The summed E-state index contributed by atoms with van der Waals surface area (Å²) in [6, 6.07) is 39.8. The van der Waals surface area contributed by atoms with E-state index in [0.717, 1.165) is 24.1 Å².